The number of aromatic amines is 1. The number of halogens is 1. The summed E-state index contributed by atoms with van der Waals surface area (Å²) in [6, 6.07) is 4.02. The van der Waals surface area contributed by atoms with Gasteiger partial charge in [0.2, 0.25) is 5.43 Å². The summed E-state index contributed by atoms with van der Waals surface area (Å²) in [5, 5.41) is 10.5. The average Bonchev–Trinajstić information content (AvgIpc) is 2.30. The number of nitrogens with one attached hydrogen (secondary N) is 1. The van der Waals surface area contributed by atoms with Crippen LogP contribution in [0.3, 0.4) is 0 Å². The molecule has 0 saturated carbocycles. The zero-order valence-corrected chi connectivity index (χ0v) is 9.13. The molecule has 2 N–H and O–H groups in total. The first-order chi connectivity index (χ1) is 7.49. The molecule has 2 aromatic rings. The van der Waals surface area contributed by atoms with Gasteiger partial charge in [0.25, 0.3) is 5.56 Å². The highest BCUT2D eigenvalue weighted by Gasteiger charge is 2.05. The second-order valence-electron chi connectivity index (χ2n) is 3.49. The third-order valence-electron chi connectivity index (χ3n) is 2.31. The Kier molecular flexibility index (Phi) is 2.44. The van der Waals surface area contributed by atoms with Gasteiger partial charge in [0, 0.05) is 16.5 Å². The molecule has 0 unspecified atom stereocenters. The Bertz CT molecular complexity index is 691. The lowest BCUT2D eigenvalue weighted by atomic mass is 10.1. The number of aryl methyl sites for hydroxylation is 1. The molecule has 0 aliphatic carbocycles. The fourth-order valence-corrected chi connectivity index (χ4v) is 1.61. The minimum absolute atomic E-state index is 0.238. The van der Waals surface area contributed by atoms with E-state index in [1.807, 2.05) is 0 Å². The highest BCUT2D eigenvalue weighted by Crippen LogP contribution is 2.25. The molecule has 2 rings (SSSR count). The largest absolute Gasteiger partial charge is 0.507 e. The summed E-state index contributed by atoms with van der Waals surface area (Å²) in [5.74, 6) is -0.238. The quantitative estimate of drug-likeness (QED) is 0.683. The van der Waals surface area contributed by atoms with Crippen molar-refractivity contribution in [2.75, 3.05) is 0 Å². The van der Waals surface area contributed by atoms with Gasteiger partial charge >= 0.3 is 0 Å². The van der Waals surface area contributed by atoms with E-state index in [1.165, 1.54) is 6.07 Å². The van der Waals surface area contributed by atoms with E-state index in [9.17, 15) is 14.7 Å². The maximum atomic E-state index is 11.3. The first-order valence-corrected chi connectivity index (χ1v) is 4.93. The fourth-order valence-electron chi connectivity index (χ4n) is 1.45. The zero-order valence-electron chi connectivity index (χ0n) is 8.37. The summed E-state index contributed by atoms with van der Waals surface area (Å²) < 4.78 is 0. The second kappa shape index (κ2) is 3.64. The summed E-state index contributed by atoms with van der Waals surface area (Å²) in [4.78, 5) is 24.8. The SMILES string of the molecule is Cc1cc2c(O)cc(=O)c(=O)[nH]c2cc1Cl. The Hall–Kier alpha value is -1.81. The molecule has 0 amide bonds. The normalized spacial score (nSPS) is 10.6. The molecule has 0 fully saturated rings. The molecule has 5 heteroatoms. The van der Waals surface area contributed by atoms with Gasteiger partial charge in [0.15, 0.2) is 0 Å². The average molecular weight is 238 g/mol. The summed E-state index contributed by atoms with van der Waals surface area (Å²) in [7, 11) is 0. The number of aromatic nitrogens is 1. The number of aromatic hydroxyl groups is 1. The summed E-state index contributed by atoms with van der Waals surface area (Å²) in [6.07, 6.45) is 0. The van der Waals surface area contributed by atoms with Crippen LogP contribution in [-0.4, -0.2) is 10.1 Å². The molecule has 1 aromatic heterocycles. The molecule has 4 nitrogen and oxygen atoms in total. The topological polar surface area (TPSA) is 70.2 Å². The molecular formula is C11H8ClNO3. The zero-order chi connectivity index (χ0) is 11.9. The molecule has 0 radical (unpaired) electrons. The molecular weight excluding hydrogens is 230 g/mol. The molecule has 0 spiro atoms. The van der Waals surface area contributed by atoms with E-state index < -0.39 is 11.0 Å². The van der Waals surface area contributed by atoms with Crippen LogP contribution in [0.25, 0.3) is 10.9 Å². The smallest absolute Gasteiger partial charge is 0.296 e. The number of benzene rings is 1. The lowest BCUT2D eigenvalue weighted by Gasteiger charge is -2.00. The lowest BCUT2D eigenvalue weighted by molar-refractivity contribution is 0.481. The van der Waals surface area contributed by atoms with Crippen LogP contribution in [0, 0.1) is 6.92 Å². The van der Waals surface area contributed by atoms with Gasteiger partial charge in [-0.25, -0.2) is 0 Å². The van der Waals surface area contributed by atoms with Crippen molar-refractivity contribution >= 4 is 22.5 Å². The van der Waals surface area contributed by atoms with Crippen LogP contribution < -0.4 is 11.0 Å². The Morgan fingerprint density at radius 2 is 1.94 bits per heavy atom. The monoisotopic (exact) mass is 237 g/mol. The van der Waals surface area contributed by atoms with Crippen molar-refractivity contribution in [2.24, 2.45) is 0 Å². The van der Waals surface area contributed by atoms with E-state index in [0.717, 1.165) is 11.6 Å². The lowest BCUT2D eigenvalue weighted by Crippen LogP contribution is -2.22. The van der Waals surface area contributed by atoms with Gasteiger partial charge in [0.05, 0.1) is 5.52 Å². The second-order valence-corrected chi connectivity index (χ2v) is 3.90. The first-order valence-electron chi connectivity index (χ1n) is 4.55. The summed E-state index contributed by atoms with van der Waals surface area (Å²) >= 11 is 5.89. The van der Waals surface area contributed by atoms with E-state index >= 15 is 0 Å². The van der Waals surface area contributed by atoms with Crippen molar-refractivity contribution in [3.63, 3.8) is 0 Å². The van der Waals surface area contributed by atoms with Crippen molar-refractivity contribution in [3.05, 3.63) is 49.4 Å². The van der Waals surface area contributed by atoms with E-state index in [0.29, 0.717) is 15.9 Å². The van der Waals surface area contributed by atoms with Gasteiger partial charge in [-0.05, 0) is 24.6 Å². The minimum atomic E-state index is -0.789. The maximum Gasteiger partial charge on any atom is 0.296 e. The van der Waals surface area contributed by atoms with Gasteiger partial charge in [-0.3, -0.25) is 9.59 Å². The molecule has 0 aliphatic heterocycles. The van der Waals surface area contributed by atoms with E-state index in [4.69, 9.17) is 11.6 Å². The minimum Gasteiger partial charge on any atom is -0.507 e. The van der Waals surface area contributed by atoms with Crippen LogP contribution in [-0.2, 0) is 0 Å². The van der Waals surface area contributed by atoms with Crippen molar-refractivity contribution in [2.45, 2.75) is 6.92 Å². The predicted octanol–water partition coefficient (Wildman–Crippen LogP) is 1.56. The molecule has 82 valence electrons. The standard InChI is InChI=1S/C11H8ClNO3/c1-5-2-6-8(3-7(5)12)13-11(16)10(15)4-9(6)14/h2-4,14H,1H3,(H,13,15,16). The molecule has 1 aromatic carbocycles. The fraction of sp³-hybridized carbons (Fsp3) is 0.0909. The molecule has 0 aliphatic rings. The third-order valence-corrected chi connectivity index (χ3v) is 2.72. The number of hydrogen-bond donors (Lipinski definition) is 2. The van der Waals surface area contributed by atoms with Crippen molar-refractivity contribution < 1.29 is 5.11 Å². The number of hydrogen-bond acceptors (Lipinski definition) is 3. The molecule has 0 saturated heterocycles. The van der Waals surface area contributed by atoms with Crippen molar-refractivity contribution in [1.82, 2.24) is 4.98 Å². The summed E-state index contributed by atoms with van der Waals surface area (Å²) in [5.41, 5.74) is -0.489. The number of rotatable bonds is 0. The van der Waals surface area contributed by atoms with Crippen molar-refractivity contribution in [1.29, 1.82) is 0 Å². The molecule has 0 atom stereocenters. The van der Waals surface area contributed by atoms with Crippen LogP contribution in [0.2, 0.25) is 5.02 Å². The number of H-pyrrole nitrogens is 1. The highest BCUT2D eigenvalue weighted by molar-refractivity contribution is 6.32. The van der Waals surface area contributed by atoms with Gasteiger partial charge < -0.3 is 10.1 Å². The van der Waals surface area contributed by atoms with E-state index in [2.05, 4.69) is 4.98 Å². The van der Waals surface area contributed by atoms with Gasteiger partial charge in [-0.15, -0.1) is 0 Å². The van der Waals surface area contributed by atoms with Gasteiger partial charge in [-0.1, -0.05) is 11.6 Å². The van der Waals surface area contributed by atoms with Crippen molar-refractivity contribution in [3.8, 4) is 5.75 Å². The van der Waals surface area contributed by atoms with Crippen LogP contribution in [0.15, 0.2) is 27.8 Å². The van der Waals surface area contributed by atoms with Crippen LogP contribution >= 0.6 is 11.6 Å². The van der Waals surface area contributed by atoms with Crippen LogP contribution in [0.5, 0.6) is 5.75 Å². The van der Waals surface area contributed by atoms with Crippen LogP contribution in [0.4, 0.5) is 0 Å². The predicted molar refractivity (Wildman–Crippen MR) is 62.3 cm³/mol. The van der Waals surface area contributed by atoms with Crippen LogP contribution in [0.1, 0.15) is 5.56 Å². The Morgan fingerprint density at radius 1 is 1.25 bits per heavy atom. The molecule has 16 heavy (non-hydrogen) atoms. The van der Waals surface area contributed by atoms with Gasteiger partial charge in [0.1, 0.15) is 5.75 Å². The van der Waals surface area contributed by atoms with E-state index in [-0.39, 0.29) is 5.75 Å². The van der Waals surface area contributed by atoms with Gasteiger partial charge in [-0.2, -0.15) is 0 Å². The van der Waals surface area contributed by atoms with E-state index in [1.54, 1.807) is 13.0 Å². The maximum absolute atomic E-state index is 11.3. The molecule has 0 bridgehead atoms. The summed E-state index contributed by atoms with van der Waals surface area (Å²) in [6.45, 7) is 1.77. The Morgan fingerprint density at radius 3 is 2.62 bits per heavy atom. The first kappa shape index (κ1) is 10.7. The number of fused-ring (bicyclic) bond motifs is 1. The molecule has 1 heterocycles. The Balaban J connectivity index is 3.10. The third kappa shape index (κ3) is 1.67. The highest BCUT2D eigenvalue weighted by atomic mass is 35.5. The Labute approximate surface area is 95.1 Å².